The highest BCUT2D eigenvalue weighted by molar-refractivity contribution is 5.76. The molecule has 0 saturated heterocycles. The molecular formula is C12H16O4. The van der Waals surface area contributed by atoms with Crippen LogP contribution in [-0.2, 0) is 20.9 Å². The van der Waals surface area contributed by atoms with Crippen molar-refractivity contribution in [3.8, 4) is 0 Å². The van der Waals surface area contributed by atoms with Crippen molar-refractivity contribution in [2.75, 3.05) is 13.7 Å². The van der Waals surface area contributed by atoms with Crippen LogP contribution in [0.2, 0.25) is 0 Å². The lowest BCUT2D eigenvalue weighted by Crippen LogP contribution is -2.17. The summed E-state index contributed by atoms with van der Waals surface area (Å²) in [5, 5.41) is 9.80. The van der Waals surface area contributed by atoms with Crippen molar-refractivity contribution >= 4 is 5.97 Å². The van der Waals surface area contributed by atoms with Gasteiger partial charge in [0.2, 0.25) is 0 Å². The van der Waals surface area contributed by atoms with Crippen LogP contribution in [0.25, 0.3) is 0 Å². The summed E-state index contributed by atoms with van der Waals surface area (Å²) in [6.07, 6.45) is -1.24. The summed E-state index contributed by atoms with van der Waals surface area (Å²) in [4.78, 5) is 11.4. The number of rotatable bonds is 5. The van der Waals surface area contributed by atoms with Gasteiger partial charge in [0.1, 0.15) is 0 Å². The second-order valence-electron chi connectivity index (χ2n) is 3.29. The highest BCUT2D eigenvalue weighted by Crippen LogP contribution is 2.19. The highest BCUT2D eigenvalue weighted by atomic mass is 16.5. The van der Waals surface area contributed by atoms with Crippen molar-refractivity contribution in [3.05, 3.63) is 35.4 Å². The van der Waals surface area contributed by atoms with Gasteiger partial charge in [-0.3, -0.25) is 0 Å². The molecule has 1 atom stereocenters. The van der Waals surface area contributed by atoms with Crippen molar-refractivity contribution in [3.63, 3.8) is 0 Å². The van der Waals surface area contributed by atoms with E-state index in [9.17, 15) is 9.90 Å². The number of carbonyl (C=O) groups excluding carboxylic acids is 1. The fraction of sp³-hybridized carbons (Fsp3) is 0.417. The first-order chi connectivity index (χ1) is 7.70. The third-order valence-corrected chi connectivity index (χ3v) is 2.16. The molecule has 0 spiro atoms. The van der Waals surface area contributed by atoms with Crippen LogP contribution in [0, 0.1) is 0 Å². The van der Waals surface area contributed by atoms with Crippen molar-refractivity contribution in [2.24, 2.45) is 0 Å². The molecule has 0 aliphatic heterocycles. The molecule has 1 aromatic rings. The zero-order valence-electron chi connectivity index (χ0n) is 9.47. The minimum absolute atomic E-state index is 0.252. The fourth-order valence-electron chi connectivity index (χ4n) is 1.44. The summed E-state index contributed by atoms with van der Waals surface area (Å²) in [5.74, 6) is -0.633. The lowest BCUT2D eigenvalue weighted by atomic mass is 10.0. The Hall–Kier alpha value is -1.39. The van der Waals surface area contributed by atoms with Gasteiger partial charge in [-0.05, 0) is 18.1 Å². The van der Waals surface area contributed by atoms with Gasteiger partial charge in [0.15, 0.2) is 6.10 Å². The lowest BCUT2D eigenvalue weighted by molar-refractivity contribution is -0.153. The van der Waals surface area contributed by atoms with Crippen LogP contribution in [-0.4, -0.2) is 24.8 Å². The molecule has 1 rings (SSSR count). The van der Waals surface area contributed by atoms with Gasteiger partial charge < -0.3 is 14.6 Å². The average Bonchev–Trinajstić information content (AvgIpc) is 2.29. The summed E-state index contributed by atoms with van der Waals surface area (Å²) in [6.45, 7) is 2.31. The molecule has 0 aliphatic rings. The number of methoxy groups -OCH3 is 1. The van der Waals surface area contributed by atoms with Crippen molar-refractivity contribution in [1.29, 1.82) is 0 Å². The Labute approximate surface area is 94.8 Å². The normalized spacial score (nSPS) is 12.2. The standard InChI is InChI=1S/C12H16O4/c1-3-16-12(14)11(13)10-7-5-4-6-9(10)8-15-2/h4-7,11,13H,3,8H2,1-2H3. The quantitative estimate of drug-likeness (QED) is 0.769. The maximum Gasteiger partial charge on any atom is 0.339 e. The topological polar surface area (TPSA) is 55.8 Å². The Morgan fingerprint density at radius 3 is 2.75 bits per heavy atom. The highest BCUT2D eigenvalue weighted by Gasteiger charge is 2.20. The smallest absolute Gasteiger partial charge is 0.339 e. The number of carbonyl (C=O) groups is 1. The molecule has 0 aromatic heterocycles. The zero-order valence-corrected chi connectivity index (χ0v) is 9.47. The minimum atomic E-state index is -1.24. The van der Waals surface area contributed by atoms with Gasteiger partial charge in [0, 0.05) is 7.11 Å². The van der Waals surface area contributed by atoms with E-state index in [0.29, 0.717) is 12.2 Å². The largest absolute Gasteiger partial charge is 0.464 e. The zero-order chi connectivity index (χ0) is 12.0. The molecule has 0 bridgehead atoms. The summed E-state index contributed by atoms with van der Waals surface area (Å²) in [7, 11) is 1.56. The van der Waals surface area contributed by atoms with Crippen LogP contribution in [0.1, 0.15) is 24.2 Å². The first-order valence-corrected chi connectivity index (χ1v) is 5.12. The summed E-state index contributed by atoms with van der Waals surface area (Å²) >= 11 is 0. The Morgan fingerprint density at radius 1 is 1.44 bits per heavy atom. The summed E-state index contributed by atoms with van der Waals surface area (Å²) in [5.41, 5.74) is 1.31. The van der Waals surface area contributed by atoms with Crippen LogP contribution in [0.4, 0.5) is 0 Å². The van der Waals surface area contributed by atoms with Crippen molar-refractivity contribution in [1.82, 2.24) is 0 Å². The molecule has 0 heterocycles. The molecule has 1 unspecified atom stereocenters. The third kappa shape index (κ3) is 3.05. The molecule has 4 nitrogen and oxygen atoms in total. The molecule has 0 fully saturated rings. The SMILES string of the molecule is CCOC(=O)C(O)c1ccccc1COC. The van der Waals surface area contributed by atoms with E-state index in [1.807, 2.05) is 6.07 Å². The van der Waals surface area contributed by atoms with Crippen LogP contribution in [0.3, 0.4) is 0 Å². The molecule has 16 heavy (non-hydrogen) atoms. The molecule has 1 N–H and O–H groups in total. The maximum atomic E-state index is 11.4. The van der Waals surface area contributed by atoms with Crippen molar-refractivity contribution < 1.29 is 19.4 Å². The number of hydrogen-bond donors (Lipinski definition) is 1. The predicted octanol–water partition coefficient (Wildman–Crippen LogP) is 1.43. The van der Waals surface area contributed by atoms with Gasteiger partial charge in [-0.15, -0.1) is 0 Å². The Bertz CT molecular complexity index is 349. The molecule has 0 radical (unpaired) electrons. The number of aliphatic hydroxyl groups is 1. The van der Waals surface area contributed by atoms with E-state index in [1.54, 1.807) is 32.2 Å². The van der Waals surface area contributed by atoms with Gasteiger partial charge in [-0.2, -0.15) is 0 Å². The van der Waals surface area contributed by atoms with Crippen LogP contribution in [0.5, 0.6) is 0 Å². The first-order valence-electron chi connectivity index (χ1n) is 5.12. The van der Waals surface area contributed by atoms with Gasteiger partial charge >= 0.3 is 5.97 Å². The molecule has 4 heteroatoms. The minimum Gasteiger partial charge on any atom is -0.464 e. The first kappa shape index (κ1) is 12.7. The second kappa shape index (κ2) is 6.25. The lowest BCUT2D eigenvalue weighted by Gasteiger charge is -2.13. The van der Waals surface area contributed by atoms with Crippen LogP contribution >= 0.6 is 0 Å². The molecule has 0 saturated carbocycles. The number of aliphatic hydroxyl groups excluding tert-OH is 1. The van der Waals surface area contributed by atoms with E-state index >= 15 is 0 Å². The molecule has 0 amide bonds. The summed E-state index contributed by atoms with van der Waals surface area (Å²) in [6, 6.07) is 7.09. The second-order valence-corrected chi connectivity index (χ2v) is 3.29. The van der Waals surface area contributed by atoms with E-state index in [4.69, 9.17) is 9.47 Å². The van der Waals surface area contributed by atoms with E-state index in [2.05, 4.69) is 0 Å². The molecule has 0 aliphatic carbocycles. The number of benzene rings is 1. The van der Waals surface area contributed by atoms with Crippen LogP contribution in [0.15, 0.2) is 24.3 Å². The van der Waals surface area contributed by atoms with E-state index in [-0.39, 0.29) is 6.61 Å². The van der Waals surface area contributed by atoms with Crippen LogP contribution < -0.4 is 0 Å². The predicted molar refractivity (Wildman–Crippen MR) is 58.7 cm³/mol. The Balaban J connectivity index is 2.89. The van der Waals surface area contributed by atoms with Gasteiger partial charge in [0.05, 0.1) is 13.2 Å². The fourth-order valence-corrected chi connectivity index (χ4v) is 1.44. The van der Waals surface area contributed by atoms with Gasteiger partial charge in [-0.1, -0.05) is 24.3 Å². The molecule has 1 aromatic carbocycles. The van der Waals surface area contributed by atoms with Gasteiger partial charge in [-0.25, -0.2) is 4.79 Å². The van der Waals surface area contributed by atoms with Crippen molar-refractivity contribution in [2.45, 2.75) is 19.6 Å². The maximum absolute atomic E-state index is 11.4. The Morgan fingerprint density at radius 2 is 2.12 bits per heavy atom. The van der Waals surface area contributed by atoms with E-state index < -0.39 is 12.1 Å². The molecule has 88 valence electrons. The third-order valence-electron chi connectivity index (χ3n) is 2.16. The van der Waals surface area contributed by atoms with Gasteiger partial charge in [0.25, 0.3) is 0 Å². The monoisotopic (exact) mass is 224 g/mol. The Kier molecular flexibility index (Phi) is 4.95. The number of esters is 1. The van der Waals surface area contributed by atoms with E-state index in [1.165, 1.54) is 0 Å². The van der Waals surface area contributed by atoms with E-state index in [0.717, 1.165) is 5.56 Å². The molecular weight excluding hydrogens is 208 g/mol. The number of hydrogen-bond acceptors (Lipinski definition) is 4. The summed E-state index contributed by atoms with van der Waals surface area (Å²) < 4.78 is 9.76. The average molecular weight is 224 g/mol. The number of ether oxygens (including phenoxy) is 2.